The highest BCUT2D eigenvalue weighted by Crippen LogP contribution is 2.19. The quantitative estimate of drug-likeness (QED) is 0.575. The monoisotopic (exact) mass is 401 g/mol. The topological polar surface area (TPSA) is 129 Å². The molecule has 146 valence electrons. The van der Waals surface area contributed by atoms with Crippen LogP contribution in [0.25, 0.3) is 11.1 Å². The van der Waals surface area contributed by atoms with Crippen molar-refractivity contribution in [3.63, 3.8) is 0 Å². The minimum atomic E-state index is -3.72. The number of aromatic nitrogens is 3. The lowest BCUT2D eigenvalue weighted by Gasteiger charge is -2.09. The molecule has 0 aliphatic rings. The molecule has 0 saturated heterocycles. The summed E-state index contributed by atoms with van der Waals surface area (Å²) < 4.78 is 34.3. The Morgan fingerprint density at radius 3 is 2.57 bits per heavy atom. The Kier molecular flexibility index (Phi) is 5.71. The van der Waals surface area contributed by atoms with Gasteiger partial charge in [-0.3, -0.25) is 14.5 Å². The number of hydrogen-bond acceptors (Lipinski definition) is 6. The number of sulfonamides is 1. The fraction of sp³-hybridized carbons (Fsp3) is 0.167. The molecular weight excluding hydrogens is 382 g/mol. The minimum Gasteiger partial charge on any atom is -0.484 e. The average molecular weight is 401 g/mol. The first-order chi connectivity index (χ1) is 13.3. The molecule has 28 heavy (non-hydrogen) atoms. The largest absolute Gasteiger partial charge is 0.484 e. The summed E-state index contributed by atoms with van der Waals surface area (Å²) in [6.07, 6.45) is 6.86. The molecule has 1 aromatic carbocycles. The second-order valence-corrected chi connectivity index (χ2v) is 7.80. The molecule has 9 nitrogen and oxygen atoms in total. The van der Waals surface area contributed by atoms with Crippen LogP contribution in [0.3, 0.4) is 0 Å². The Labute approximate surface area is 162 Å². The first kappa shape index (κ1) is 19.5. The van der Waals surface area contributed by atoms with Crippen LogP contribution < -0.4 is 15.2 Å². The van der Waals surface area contributed by atoms with Crippen LogP contribution in [0.15, 0.2) is 60.0 Å². The highest BCUT2D eigenvalue weighted by atomic mass is 32.2. The van der Waals surface area contributed by atoms with Crippen molar-refractivity contribution in [2.75, 3.05) is 6.61 Å². The molecule has 0 saturated carbocycles. The van der Waals surface area contributed by atoms with E-state index >= 15 is 0 Å². The number of rotatable bonds is 8. The number of nitrogens with zero attached hydrogens (tertiary/aromatic N) is 3. The van der Waals surface area contributed by atoms with Gasteiger partial charge in [0.25, 0.3) is 5.91 Å². The van der Waals surface area contributed by atoms with E-state index in [4.69, 9.17) is 10.5 Å². The normalized spacial score (nSPS) is 11.3. The maximum atomic E-state index is 12.5. The molecule has 0 unspecified atom stereocenters. The van der Waals surface area contributed by atoms with Crippen molar-refractivity contribution in [3.8, 4) is 16.9 Å². The zero-order chi connectivity index (χ0) is 20.1. The molecule has 0 fully saturated rings. The van der Waals surface area contributed by atoms with Gasteiger partial charge in [-0.25, -0.2) is 13.1 Å². The van der Waals surface area contributed by atoms with Crippen molar-refractivity contribution in [3.05, 3.63) is 60.7 Å². The van der Waals surface area contributed by atoms with Crippen LogP contribution in [0.5, 0.6) is 5.75 Å². The van der Waals surface area contributed by atoms with Crippen LogP contribution in [0, 0.1) is 0 Å². The summed E-state index contributed by atoms with van der Waals surface area (Å²) in [5.74, 6) is -0.258. The van der Waals surface area contributed by atoms with Crippen molar-refractivity contribution >= 4 is 15.9 Å². The van der Waals surface area contributed by atoms with Crippen molar-refractivity contribution in [2.45, 2.75) is 11.4 Å². The van der Waals surface area contributed by atoms with Gasteiger partial charge in [0.2, 0.25) is 10.0 Å². The number of benzene rings is 1. The summed E-state index contributed by atoms with van der Waals surface area (Å²) in [6, 6.07) is 7.56. The maximum Gasteiger partial charge on any atom is 0.255 e. The van der Waals surface area contributed by atoms with E-state index in [1.54, 1.807) is 23.3 Å². The maximum absolute atomic E-state index is 12.5. The van der Waals surface area contributed by atoms with Gasteiger partial charge in [-0.05, 0) is 35.9 Å². The van der Waals surface area contributed by atoms with E-state index in [1.165, 1.54) is 24.3 Å². The summed E-state index contributed by atoms with van der Waals surface area (Å²) >= 11 is 0. The fourth-order valence-corrected chi connectivity index (χ4v) is 3.46. The van der Waals surface area contributed by atoms with Gasteiger partial charge in [-0.15, -0.1) is 0 Å². The van der Waals surface area contributed by atoms with E-state index in [2.05, 4.69) is 14.8 Å². The number of nitrogens with two attached hydrogens (primary N) is 1. The van der Waals surface area contributed by atoms with Crippen molar-refractivity contribution < 1.29 is 17.9 Å². The van der Waals surface area contributed by atoms with Gasteiger partial charge in [-0.2, -0.15) is 5.10 Å². The van der Waals surface area contributed by atoms with E-state index < -0.39 is 15.9 Å². The number of aryl methyl sites for hydroxylation is 1. The van der Waals surface area contributed by atoms with Crippen LogP contribution in [-0.4, -0.2) is 35.7 Å². The highest BCUT2D eigenvalue weighted by Gasteiger charge is 2.14. The van der Waals surface area contributed by atoms with Crippen LogP contribution in [-0.2, 0) is 28.4 Å². The standard InChI is InChI=1S/C18H19N5O4S/c1-23-11-15(10-21-23)14-6-13(7-20-9-14)8-22-28(25,26)17-4-2-16(3-5-17)27-12-18(19)24/h2-7,9-11,22H,8,12H2,1H3,(H2,19,24). The Hall–Kier alpha value is -3.24. The lowest BCUT2D eigenvalue weighted by molar-refractivity contribution is -0.119. The number of pyridine rings is 1. The first-order valence-corrected chi connectivity index (χ1v) is 9.75. The van der Waals surface area contributed by atoms with Gasteiger partial charge in [-0.1, -0.05) is 0 Å². The summed E-state index contributed by atoms with van der Waals surface area (Å²) in [6.45, 7) is -0.187. The number of primary amides is 1. The molecule has 3 aromatic rings. The van der Waals surface area contributed by atoms with Crippen LogP contribution in [0.4, 0.5) is 0 Å². The highest BCUT2D eigenvalue weighted by molar-refractivity contribution is 7.89. The molecular formula is C18H19N5O4S. The molecule has 2 heterocycles. The van der Waals surface area contributed by atoms with Gasteiger partial charge >= 0.3 is 0 Å². The summed E-state index contributed by atoms with van der Waals surface area (Å²) in [5, 5.41) is 4.12. The third kappa shape index (κ3) is 4.93. The molecule has 0 atom stereocenters. The van der Waals surface area contributed by atoms with Gasteiger partial charge in [0.15, 0.2) is 6.61 Å². The lowest BCUT2D eigenvalue weighted by Crippen LogP contribution is -2.23. The van der Waals surface area contributed by atoms with Crippen molar-refractivity contribution in [1.29, 1.82) is 0 Å². The fourth-order valence-electron chi connectivity index (χ4n) is 2.44. The molecule has 0 aliphatic carbocycles. The van der Waals surface area contributed by atoms with Crippen LogP contribution in [0.2, 0.25) is 0 Å². The molecule has 3 rings (SSSR count). The summed E-state index contributed by atoms with van der Waals surface area (Å²) in [4.78, 5) is 15.0. The Morgan fingerprint density at radius 1 is 1.18 bits per heavy atom. The Morgan fingerprint density at radius 2 is 1.93 bits per heavy atom. The lowest BCUT2D eigenvalue weighted by atomic mass is 10.1. The van der Waals surface area contributed by atoms with Crippen LogP contribution >= 0.6 is 0 Å². The summed E-state index contributed by atoms with van der Waals surface area (Å²) in [5.41, 5.74) is 7.46. The molecule has 0 aliphatic heterocycles. The SMILES string of the molecule is Cn1cc(-c2cncc(CNS(=O)(=O)c3ccc(OCC(N)=O)cc3)c2)cn1. The molecule has 1 amide bonds. The van der Waals surface area contributed by atoms with Gasteiger partial charge in [0.1, 0.15) is 5.75 Å². The number of hydrogen-bond donors (Lipinski definition) is 2. The van der Waals surface area contributed by atoms with Crippen LogP contribution in [0.1, 0.15) is 5.56 Å². The molecule has 3 N–H and O–H groups in total. The Bertz CT molecular complexity index is 1080. The predicted octanol–water partition coefficient (Wildman–Crippen LogP) is 0.825. The number of nitrogens with one attached hydrogen (secondary N) is 1. The smallest absolute Gasteiger partial charge is 0.255 e. The van der Waals surface area contributed by atoms with E-state index in [0.717, 1.165) is 11.1 Å². The van der Waals surface area contributed by atoms with E-state index in [0.29, 0.717) is 11.3 Å². The third-order valence-electron chi connectivity index (χ3n) is 3.81. The zero-order valence-corrected chi connectivity index (χ0v) is 15.9. The van der Waals surface area contributed by atoms with E-state index in [1.807, 2.05) is 19.3 Å². The van der Waals surface area contributed by atoms with E-state index in [-0.39, 0.29) is 18.0 Å². The molecule has 10 heteroatoms. The molecule has 0 radical (unpaired) electrons. The van der Waals surface area contributed by atoms with Gasteiger partial charge < -0.3 is 10.5 Å². The molecule has 2 aromatic heterocycles. The first-order valence-electron chi connectivity index (χ1n) is 8.27. The van der Waals surface area contributed by atoms with Gasteiger partial charge in [0, 0.05) is 43.3 Å². The van der Waals surface area contributed by atoms with Gasteiger partial charge in [0.05, 0.1) is 11.1 Å². The summed E-state index contributed by atoms with van der Waals surface area (Å²) in [7, 11) is -1.90. The van der Waals surface area contributed by atoms with E-state index in [9.17, 15) is 13.2 Å². The second-order valence-electron chi connectivity index (χ2n) is 6.04. The minimum absolute atomic E-state index is 0.0790. The number of amides is 1. The number of carbonyl (C=O) groups is 1. The average Bonchev–Trinajstić information content (AvgIpc) is 3.12. The molecule has 0 spiro atoms. The van der Waals surface area contributed by atoms with Crippen molar-refractivity contribution in [1.82, 2.24) is 19.5 Å². The predicted molar refractivity (Wildman–Crippen MR) is 102 cm³/mol. The second kappa shape index (κ2) is 8.19. The number of carbonyl (C=O) groups excluding carboxylic acids is 1. The Balaban J connectivity index is 1.67. The zero-order valence-electron chi connectivity index (χ0n) is 15.1. The number of ether oxygens (including phenoxy) is 1. The third-order valence-corrected chi connectivity index (χ3v) is 5.23. The molecule has 0 bridgehead atoms. The van der Waals surface area contributed by atoms with Crippen molar-refractivity contribution in [2.24, 2.45) is 12.8 Å².